The Labute approximate surface area is 116 Å². The summed E-state index contributed by atoms with van der Waals surface area (Å²) in [5, 5.41) is 10.0. The highest BCUT2D eigenvalue weighted by molar-refractivity contribution is 5.29. The molecule has 1 unspecified atom stereocenters. The second-order valence-electron chi connectivity index (χ2n) is 4.63. The Hall–Kier alpha value is -1.94. The summed E-state index contributed by atoms with van der Waals surface area (Å²) in [7, 11) is 1.57. The first-order valence-electron chi connectivity index (χ1n) is 6.34. The number of rotatable bonds is 5. The number of benzene rings is 2. The molecule has 0 saturated carbocycles. The van der Waals surface area contributed by atoms with Crippen LogP contribution in [-0.4, -0.2) is 18.3 Å². The molecule has 0 fully saturated rings. The van der Waals surface area contributed by atoms with Crippen LogP contribution in [0.25, 0.3) is 0 Å². The Morgan fingerprint density at radius 2 is 1.85 bits per heavy atom. The van der Waals surface area contributed by atoms with Crippen LogP contribution in [0.5, 0.6) is 5.75 Å². The predicted octanol–water partition coefficient (Wildman–Crippen LogP) is 3.12. The first-order chi connectivity index (χ1) is 9.60. The van der Waals surface area contributed by atoms with E-state index in [0.29, 0.717) is 12.2 Å². The first kappa shape index (κ1) is 14.5. The maximum atomic E-state index is 13.5. The molecule has 0 aromatic heterocycles. The third-order valence-corrected chi connectivity index (χ3v) is 3.09. The maximum absolute atomic E-state index is 13.5. The van der Waals surface area contributed by atoms with Gasteiger partial charge in [-0.05, 0) is 35.7 Å². The van der Waals surface area contributed by atoms with E-state index in [-0.39, 0.29) is 12.0 Å². The number of aliphatic hydroxyl groups excluding tert-OH is 1. The fraction of sp³-hybridized carbons (Fsp3) is 0.250. The SMILES string of the molecule is COc1cccc(CC(O)Cc2cccc(F)c2F)c1. The molecule has 0 aliphatic carbocycles. The van der Waals surface area contributed by atoms with Gasteiger partial charge >= 0.3 is 0 Å². The molecule has 2 rings (SSSR count). The van der Waals surface area contributed by atoms with Crippen LogP contribution in [0.4, 0.5) is 8.78 Å². The van der Waals surface area contributed by atoms with Crippen molar-refractivity contribution in [2.75, 3.05) is 7.11 Å². The number of ether oxygens (including phenoxy) is 1. The second-order valence-corrected chi connectivity index (χ2v) is 4.63. The molecule has 106 valence electrons. The van der Waals surface area contributed by atoms with Crippen molar-refractivity contribution in [2.45, 2.75) is 18.9 Å². The number of methoxy groups -OCH3 is 1. The monoisotopic (exact) mass is 278 g/mol. The lowest BCUT2D eigenvalue weighted by atomic mass is 10.0. The van der Waals surface area contributed by atoms with Gasteiger partial charge in [-0.1, -0.05) is 24.3 Å². The van der Waals surface area contributed by atoms with E-state index in [1.807, 2.05) is 24.3 Å². The van der Waals surface area contributed by atoms with Crippen molar-refractivity contribution >= 4 is 0 Å². The molecule has 1 N–H and O–H groups in total. The first-order valence-corrected chi connectivity index (χ1v) is 6.34. The fourth-order valence-electron chi connectivity index (χ4n) is 2.10. The van der Waals surface area contributed by atoms with Crippen LogP contribution in [0, 0.1) is 11.6 Å². The molecular weight excluding hydrogens is 262 g/mol. The summed E-state index contributed by atoms with van der Waals surface area (Å²) in [5.41, 5.74) is 1.06. The number of halogens is 2. The lowest BCUT2D eigenvalue weighted by Gasteiger charge is -2.12. The van der Waals surface area contributed by atoms with E-state index in [1.54, 1.807) is 7.11 Å². The van der Waals surface area contributed by atoms with Crippen molar-refractivity contribution < 1.29 is 18.6 Å². The molecule has 2 nitrogen and oxygen atoms in total. The van der Waals surface area contributed by atoms with Crippen LogP contribution in [0.15, 0.2) is 42.5 Å². The highest BCUT2D eigenvalue weighted by atomic mass is 19.2. The minimum atomic E-state index is -0.893. The molecule has 0 aliphatic rings. The van der Waals surface area contributed by atoms with Crippen LogP contribution >= 0.6 is 0 Å². The summed E-state index contributed by atoms with van der Waals surface area (Å²) < 4.78 is 31.7. The molecule has 0 heterocycles. The standard InChI is InChI=1S/C16H16F2O2/c1-20-14-6-2-4-11(9-14)8-13(19)10-12-5-3-7-15(17)16(12)18/h2-7,9,13,19H,8,10H2,1H3. The summed E-state index contributed by atoms with van der Waals surface area (Å²) >= 11 is 0. The van der Waals surface area contributed by atoms with E-state index >= 15 is 0 Å². The molecule has 2 aromatic rings. The third-order valence-electron chi connectivity index (χ3n) is 3.09. The van der Waals surface area contributed by atoms with Gasteiger partial charge in [-0.15, -0.1) is 0 Å². The van der Waals surface area contributed by atoms with Crippen molar-refractivity contribution in [2.24, 2.45) is 0 Å². The molecular formula is C16H16F2O2. The van der Waals surface area contributed by atoms with Crippen LogP contribution in [0.1, 0.15) is 11.1 Å². The Morgan fingerprint density at radius 1 is 1.10 bits per heavy atom. The number of aliphatic hydroxyl groups is 1. The van der Waals surface area contributed by atoms with Gasteiger partial charge in [0.25, 0.3) is 0 Å². The average Bonchev–Trinajstić information content (AvgIpc) is 2.44. The van der Waals surface area contributed by atoms with Gasteiger partial charge in [-0.2, -0.15) is 0 Å². The van der Waals surface area contributed by atoms with E-state index in [9.17, 15) is 13.9 Å². The summed E-state index contributed by atoms with van der Waals surface area (Å²) in [6.45, 7) is 0. The van der Waals surface area contributed by atoms with Crippen molar-refractivity contribution in [3.8, 4) is 5.75 Å². The normalized spacial score (nSPS) is 12.2. The third kappa shape index (κ3) is 3.54. The largest absolute Gasteiger partial charge is 0.497 e. The quantitative estimate of drug-likeness (QED) is 0.910. The van der Waals surface area contributed by atoms with Gasteiger partial charge in [0.05, 0.1) is 13.2 Å². The highest BCUT2D eigenvalue weighted by Crippen LogP contribution is 2.17. The Balaban J connectivity index is 2.05. The van der Waals surface area contributed by atoms with Crippen LogP contribution < -0.4 is 4.74 Å². The zero-order chi connectivity index (χ0) is 14.5. The van der Waals surface area contributed by atoms with Crippen molar-refractivity contribution in [1.82, 2.24) is 0 Å². The summed E-state index contributed by atoms with van der Waals surface area (Å²) in [4.78, 5) is 0. The molecule has 4 heteroatoms. The van der Waals surface area contributed by atoms with Gasteiger partial charge in [-0.25, -0.2) is 8.78 Å². The molecule has 0 spiro atoms. The van der Waals surface area contributed by atoms with Gasteiger partial charge in [0, 0.05) is 6.42 Å². The van der Waals surface area contributed by atoms with E-state index in [4.69, 9.17) is 4.74 Å². The number of hydrogen-bond acceptors (Lipinski definition) is 2. The Morgan fingerprint density at radius 3 is 2.60 bits per heavy atom. The predicted molar refractivity (Wildman–Crippen MR) is 72.8 cm³/mol. The Bertz CT molecular complexity index is 584. The molecule has 0 aliphatic heterocycles. The minimum Gasteiger partial charge on any atom is -0.497 e. The van der Waals surface area contributed by atoms with Crippen molar-refractivity contribution in [1.29, 1.82) is 0 Å². The second kappa shape index (κ2) is 6.48. The zero-order valence-corrected chi connectivity index (χ0v) is 11.1. The highest BCUT2D eigenvalue weighted by Gasteiger charge is 2.13. The molecule has 20 heavy (non-hydrogen) atoms. The molecule has 1 atom stereocenters. The lowest BCUT2D eigenvalue weighted by Crippen LogP contribution is -2.15. The van der Waals surface area contributed by atoms with Gasteiger partial charge in [0.1, 0.15) is 5.75 Å². The summed E-state index contributed by atoms with van der Waals surface area (Å²) in [6, 6.07) is 11.3. The molecule has 0 saturated heterocycles. The van der Waals surface area contributed by atoms with E-state index in [0.717, 1.165) is 11.6 Å². The van der Waals surface area contributed by atoms with Gasteiger partial charge in [0.2, 0.25) is 0 Å². The topological polar surface area (TPSA) is 29.5 Å². The fourth-order valence-corrected chi connectivity index (χ4v) is 2.10. The smallest absolute Gasteiger partial charge is 0.162 e. The summed E-state index contributed by atoms with van der Waals surface area (Å²) in [5.74, 6) is -1.08. The zero-order valence-electron chi connectivity index (χ0n) is 11.1. The molecule has 0 radical (unpaired) electrons. The van der Waals surface area contributed by atoms with E-state index < -0.39 is 17.7 Å². The van der Waals surface area contributed by atoms with E-state index in [1.165, 1.54) is 12.1 Å². The molecule has 0 bridgehead atoms. The van der Waals surface area contributed by atoms with Crippen molar-refractivity contribution in [3.63, 3.8) is 0 Å². The van der Waals surface area contributed by atoms with Crippen LogP contribution in [0.3, 0.4) is 0 Å². The molecule has 2 aromatic carbocycles. The van der Waals surface area contributed by atoms with Crippen LogP contribution in [0.2, 0.25) is 0 Å². The minimum absolute atomic E-state index is 0.0702. The van der Waals surface area contributed by atoms with Crippen LogP contribution in [-0.2, 0) is 12.8 Å². The van der Waals surface area contributed by atoms with Gasteiger partial charge in [-0.3, -0.25) is 0 Å². The van der Waals surface area contributed by atoms with Gasteiger partial charge in [0.15, 0.2) is 11.6 Å². The average molecular weight is 278 g/mol. The maximum Gasteiger partial charge on any atom is 0.162 e. The summed E-state index contributed by atoms with van der Waals surface area (Å²) in [6.07, 6.45) is -0.355. The Kier molecular flexibility index (Phi) is 4.69. The lowest BCUT2D eigenvalue weighted by molar-refractivity contribution is 0.173. The van der Waals surface area contributed by atoms with Crippen molar-refractivity contribution in [3.05, 3.63) is 65.2 Å². The molecule has 0 amide bonds. The number of hydrogen-bond donors (Lipinski definition) is 1. The van der Waals surface area contributed by atoms with E-state index in [2.05, 4.69) is 0 Å². The van der Waals surface area contributed by atoms with Gasteiger partial charge < -0.3 is 9.84 Å².